The summed E-state index contributed by atoms with van der Waals surface area (Å²) in [5, 5.41) is 0.917. The van der Waals surface area contributed by atoms with Crippen LogP contribution in [0.4, 0.5) is 5.69 Å². The normalized spacial score (nSPS) is 23.7. The first kappa shape index (κ1) is 15.9. The first-order chi connectivity index (χ1) is 9.42. The second-order valence-electron chi connectivity index (χ2n) is 5.01. The van der Waals surface area contributed by atoms with Crippen LogP contribution < -0.4 is 10.5 Å². The summed E-state index contributed by atoms with van der Waals surface area (Å²) in [7, 11) is -3.52. The molecule has 2 rings (SSSR count). The number of anilines is 1. The van der Waals surface area contributed by atoms with Gasteiger partial charge in [0, 0.05) is 11.3 Å². The quantitative estimate of drug-likeness (QED) is 0.830. The Hall–Kier alpha value is -0.430. The number of hydrogen-bond donors (Lipinski definition) is 2. The van der Waals surface area contributed by atoms with Crippen LogP contribution >= 0.6 is 23.4 Å². The molecule has 0 atom stereocenters. The van der Waals surface area contributed by atoms with E-state index in [1.165, 1.54) is 18.2 Å². The Balaban J connectivity index is 2.06. The molecule has 1 aliphatic rings. The Morgan fingerprint density at radius 1 is 1.30 bits per heavy atom. The van der Waals surface area contributed by atoms with Crippen LogP contribution in [0.2, 0.25) is 5.02 Å². The van der Waals surface area contributed by atoms with Gasteiger partial charge in [-0.25, -0.2) is 13.1 Å². The standard InChI is InChI=1S/C13H19ClN2O2S2/c1-19-10-4-2-9(3-5-10)16-20(17,18)11-6-7-13(15)12(14)8-11/h6-10,16H,2-5,15H2,1H3. The van der Waals surface area contributed by atoms with Gasteiger partial charge in [0.2, 0.25) is 10.0 Å². The first-order valence-electron chi connectivity index (χ1n) is 6.52. The number of benzene rings is 1. The fourth-order valence-electron chi connectivity index (χ4n) is 2.38. The second-order valence-corrected chi connectivity index (χ2v) is 8.27. The molecule has 1 fully saturated rings. The monoisotopic (exact) mass is 334 g/mol. The molecule has 3 N–H and O–H groups in total. The number of thioether (sulfide) groups is 1. The van der Waals surface area contributed by atoms with E-state index >= 15 is 0 Å². The minimum Gasteiger partial charge on any atom is -0.398 e. The number of rotatable bonds is 4. The summed E-state index contributed by atoms with van der Waals surface area (Å²) in [4.78, 5) is 0.170. The lowest BCUT2D eigenvalue weighted by molar-refractivity contribution is 0.420. The predicted octanol–water partition coefficient (Wildman–Crippen LogP) is 2.87. The number of sulfonamides is 1. The molecule has 112 valence electrons. The molecule has 20 heavy (non-hydrogen) atoms. The molecule has 0 spiro atoms. The molecular formula is C13H19ClN2O2S2. The molecule has 1 saturated carbocycles. The maximum absolute atomic E-state index is 12.3. The lowest BCUT2D eigenvalue weighted by atomic mass is 9.96. The zero-order valence-corrected chi connectivity index (χ0v) is 13.7. The van der Waals surface area contributed by atoms with Crippen molar-refractivity contribution in [1.29, 1.82) is 0 Å². The summed E-state index contributed by atoms with van der Waals surface area (Å²) in [5.74, 6) is 0. The topological polar surface area (TPSA) is 72.2 Å². The van der Waals surface area contributed by atoms with Crippen molar-refractivity contribution in [3.05, 3.63) is 23.2 Å². The van der Waals surface area contributed by atoms with Crippen LogP contribution in [0.1, 0.15) is 25.7 Å². The van der Waals surface area contributed by atoms with Crippen molar-refractivity contribution < 1.29 is 8.42 Å². The zero-order chi connectivity index (χ0) is 14.8. The third kappa shape index (κ3) is 3.81. The van der Waals surface area contributed by atoms with Crippen LogP contribution in [-0.4, -0.2) is 26.0 Å². The number of nitrogens with one attached hydrogen (secondary N) is 1. The van der Waals surface area contributed by atoms with Gasteiger partial charge < -0.3 is 5.73 Å². The molecule has 0 radical (unpaired) electrons. The van der Waals surface area contributed by atoms with Crippen molar-refractivity contribution in [1.82, 2.24) is 4.72 Å². The zero-order valence-electron chi connectivity index (χ0n) is 11.3. The van der Waals surface area contributed by atoms with Gasteiger partial charge in [-0.2, -0.15) is 11.8 Å². The van der Waals surface area contributed by atoms with Gasteiger partial charge in [0.25, 0.3) is 0 Å². The van der Waals surface area contributed by atoms with Crippen molar-refractivity contribution in [2.24, 2.45) is 0 Å². The van der Waals surface area contributed by atoms with Crippen LogP contribution in [0.15, 0.2) is 23.1 Å². The fourth-order valence-corrected chi connectivity index (χ4v) is 4.70. The van der Waals surface area contributed by atoms with Gasteiger partial charge in [0.15, 0.2) is 0 Å². The fraction of sp³-hybridized carbons (Fsp3) is 0.538. The van der Waals surface area contributed by atoms with E-state index in [4.69, 9.17) is 17.3 Å². The van der Waals surface area contributed by atoms with Gasteiger partial charge >= 0.3 is 0 Å². The Kier molecular flexibility index (Phi) is 5.23. The van der Waals surface area contributed by atoms with Crippen molar-refractivity contribution in [3.63, 3.8) is 0 Å². The first-order valence-corrected chi connectivity index (χ1v) is 9.67. The van der Waals surface area contributed by atoms with Gasteiger partial charge in [-0.1, -0.05) is 11.6 Å². The molecule has 0 aliphatic heterocycles. The highest BCUT2D eigenvalue weighted by Crippen LogP contribution is 2.28. The molecule has 1 aromatic rings. The van der Waals surface area contributed by atoms with Crippen molar-refractivity contribution in [2.45, 2.75) is 41.9 Å². The third-order valence-electron chi connectivity index (χ3n) is 3.61. The summed E-state index contributed by atoms with van der Waals surface area (Å²) < 4.78 is 27.4. The molecule has 0 amide bonds. The molecule has 0 heterocycles. The molecule has 0 unspecified atom stereocenters. The smallest absolute Gasteiger partial charge is 0.240 e. The van der Waals surface area contributed by atoms with Gasteiger partial charge in [-0.15, -0.1) is 0 Å². The van der Waals surface area contributed by atoms with E-state index in [1.807, 2.05) is 11.8 Å². The van der Waals surface area contributed by atoms with Crippen LogP contribution in [0.25, 0.3) is 0 Å². The van der Waals surface area contributed by atoms with Crippen LogP contribution in [0, 0.1) is 0 Å². The molecule has 0 aromatic heterocycles. The lowest BCUT2D eigenvalue weighted by Gasteiger charge is -2.27. The molecule has 0 bridgehead atoms. The van der Waals surface area contributed by atoms with E-state index in [9.17, 15) is 8.42 Å². The van der Waals surface area contributed by atoms with Gasteiger partial charge in [0.05, 0.1) is 15.6 Å². The van der Waals surface area contributed by atoms with Crippen LogP contribution in [0.5, 0.6) is 0 Å². The molecular weight excluding hydrogens is 316 g/mol. The Morgan fingerprint density at radius 3 is 2.50 bits per heavy atom. The minimum atomic E-state index is -3.52. The highest BCUT2D eigenvalue weighted by molar-refractivity contribution is 7.99. The lowest BCUT2D eigenvalue weighted by Crippen LogP contribution is -2.38. The van der Waals surface area contributed by atoms with Crippen molar-refractivity contribution >= 4 is 39.1 Å². The largest absolute Gasteiger partial charge is 0.398 e. The van der Waals surface area contributed by atoms with E-state index < -0.39 is 10.0 Å². The number of nitrogen functional groups attached to an aromatic ring is 1. The molecule has 0 saturated heterocycles. The van der Waals surface area contributed by atoms with E-state index in [2.05, 4.69) is 11.0 Å². The number of hydrogen-bond acceptors (Lipinski definition) is 4. The van der Waals surface area contributed by atoms with Gasteiger partial charge in [-0.3, -0.25) is 0 Å². The highest BCUT2D eigenvalue weighted by atomic mass is 35.5. The second kappa shape index (κ2) is 6.56. The summed E-state index contributed by atoms with van der Waals surface area (Å²) in [6, 6.07) is 4.41. The minimum absolute atomic E-state index is 0.0136. The Bertz CT molecular complexity index is 570. The molecule has 7 heteroatoms. The summed E-state index contributed by atoms with van der Waals surface area (Å²) in [5.41, 5.74) is 5.98. The Labute approximate surface area is 129 Å². The summed E-state index contributed by atoms with van der Waals surface area (Å²) in [6.07, 6.45) is 5.97. The number of nitrogens with two attached hydrogens (primary N) is 1. The van der Waals surface area contributed by atoms with E-state index in [0.29, 0.717) is 10.9 Å². The predicted molar refractivity (Wildman–Crippen MR) is 85.7 cm³/mol. The summed E-state index contributed by atoms with van der Waals surface area (Å²) in [6.45, 7) is 0. The van der Waals surface area contributed by atoms with Crippen molar-refractivity contribution in [3.8, 4) is 0 Å². The molecule has 1 aliphatic carbocycles. The SMILES string of the molecule is CSC1CCC(NS(=O)(=O)c2ccc(N)c(Cl)c2)CC1. The third-order valence-corrected chi connectivity index (χ3v) is 6.60. The van der Waals surface area contributed by atoms with Crippen molar-refractivity contribution in [2.75, 3.05) is 12.0 Å². The van der Waals surface area contributed by atoms with Gasteiger partial charge in [-0.05, 0) is 50.1 Å². The van der Waals surface area contributed by atoms with Gasteiger partial charge in [0.1, 0.15) is 0 Å². The maximum atomic E-state index is 12.3. The maximum Gasteiger partial charge on any atom is 0.240 e. The average Bonchev–Trinajstić information content (AvgIpc) is 2.42. The summed E-state index contributed by atoms with van der Waals surface area (Å²) >= 11 is 7.74. The van der Waals surface area contributed by atoms with Crippen LogP contribution in [-0.2, 0) is 10.0 Å². The van der Waals surface area contributed by atoms with E-state index in [1.54, 1.807) is 0 Å². The average molecular weight is 335 g/mol. The van der Waals surface area contributed by atoms with E-state index in [0.717, 1.165) is 25.7 Å². The highest BCUT2D eigenvalue weighted by Gasteiger charge is 2.25. The van der Waals surface area contributed by atoms with Crippen LogP contribution in [0.3, 0.4) is 0 Å². The molecule has 1 aromatic carbocycles. The molecule has 4 nitrogen and oxygen atoms in total. The number of halogens is 1. The Morgan fingerprint density at radius 2 is 1.95 bits per heavy atom. The van der Waals surface area contributed by atoms with E-state index in [-0.39, 0.29) is 16.0 Å².